The Hall–Kier alpha value is -0.540. The first-order valence-electron chi connectivity index (χ1n) is 6.26. The second kappa shape index (κ2) is 5.87. The van der Waals surface area contributed by atoms with Gasteiger partial charge < -0.3 is 10.1 Å². The van der Waals surface area contributed by atoms with Crippen LogP contribution in [0, 0.1) is 5.92 Å². The summed E-state index contributed by atoms with van der Waals surface area (Å²) in [5.74, 6) is 1.71. The molecule has 1 aliphatic rings. The van der Waals surface area contributed by atoms with Crippen molar-refractivity contribution in [3.63, 3.8) is 0 Å². The van der Waals surface area contributed by atoms with Crippen molar-refractivity contribution in [3.05, 3.63) is 28.2 Å². The predicted octanol–water partition coefficient (Wildman–Crippen LogP) is 3.74. The highest BCUT2D eigenvalue weighted by Gasteiger charge is 2.22. The number of hydrogen-bond donors (Lipinski definition) is 1. The molecule has 3 heteroatoms. The van der Waals surface area contributed by atoms with Crippen LogP contribution in [0.5, 0.6) is 5.75 Å². The lowest BCUT2D eigenvalue weighted by Crippen LogP contribution is -2.30. The molecule has 0 aliphatic heterocycles. The van der Waals surface area contributed by atoms with Crippen molar-refractivity contribution < 1.29 is 4.74 Å². The Labute approximate surface area is 112 Å². The van der Waals surface area contributed by atoms with E-state index in [1.807, 2.05) is 6.07 Å². The van der Waals surface area contributed by atoms with Gasteiger partial charge in [-0.25, -0.2) is 0 Å². The summed E-state index contributed by atoms with van der Waals surface area (Å²) >= 11 is 3.52. The molecule has 0 radical (unpaired) electrons. The highest BCUT2D eigenvalue weighted by Crippen LogP contribution is 2.27. The number of hydrogen-bond acceptors (Lipinski definition) is 2. The largest absolute Gasteiger partial charge is 0.496 e. The van der Waals surface area contributed by atoms with Crippen LogP contribution < -0.4 is 10.1 Å². The fourth-order valence-corrected chi connectivity index (χ4v) is 3.11. The van der Waals surface area contributed by atoms with Gasteiger partial charge in [-0.15, -0.1) is 0 Å². The van der Waals surface area contributed by atoms with Gasteiger partial charge in [0.2, 0.25) is 0 Å². The summed E-state index contributed by atoms with van der Waals surface area (Å²) in [7, 11) is 1.69. The van der Waals surface area contributed by atoms with E-state index in [4.69, 9.17) is 4.74 Å². The lowest BCUT2D eigenvalue weighted by molar-refractivity contribution is 0.410. The van der Waals surface area contributed by atoms with Gasteiger partial charge in [-0.1, -0.05) is 19.4 Å². The van der Waals surface area contributed by atoms with Gasteiger partial charge in [0.1, 0.15) is 5.75 Å². The third kappa shape index (κ3) is 3.23. The van der Waals surface area contributed by atoms with Crippen molar-refractivity contribution in [2.24, 2.45) is 5.92 Å². The molecule has 1 aromatic carbocycles. The standard InChI is InChI=1S/C14H20BrNO/c1-10-4-3-5-13(10)16-9-11-6-7-14(17-2)12(15)8-11/h6-8,10,13,16H,3-5,9H2,1-2H3. The van der Waals surface area contributed by atoms with E-state index in [0.717, 1.165) is 22.7 Å². The van der Waals surface area contributed by atoms with Crippen LogP contribution in [0.25, 0.3) is 0 Å². The van der Waals surface area contributed by atoms with E-state index in [9.17, 15) is 0 Å². The summed E-state index contributed by atoms with van der Waals surface area (Å²) in [6.45, 7) is 3.28. The van der Waals surface area contributed by atoms with Gasteiger partial charge >= 0.3 is 0 Å². The smallest absolute Gasteiger partial charge is 0.133 e. The van der Waals surface area contributed by atoms with Gasteiger partial charge in [-0.05, 0) is 52.4 Å². The number of rotatable bonds is 4. The molecule has 17 heavy (non-hydrogen) atoms. The molecule has 0 aromatic heterocycles. The molecule has 1 aliphatic carbocycles. The minimum absolute atomic E-state index is 0.691. The third-order valence-electron chi connectivity index (χ3n) is 3.65. The van der Waals surface area contributed by atoms with Gasteiger partial charge in [0.25, 0.3) is 0 Å². The molecule has 0 amide bonds. The van der Waals surface area contributed by atoms with Crippen molar-refractivity contribution in [2.45, 2.75) is 38.8 Å². The minimum Gasteiger partial charge on any atom is -0.496 e. The normalized spacial score (nSPS) is 23.9. The molecule has 94 valence electrons. The van der Waals surface area contributed by atoms with Gasteiger partial charge in [0.05, 0.1) is 11.6 Å². The van der Waals surface area contributed by atoms with E-state index in [-0.39, 0.29) is 0 Å². The molecule has 2 unspecified atom stereocenters. The maximum atomic E-state index is 5.23. The van der Waals surface area contributed by atoms with E-state index in [1.54, 1.807) is 7.11 Å². The zero-order valence-electron chi connectivity index (χ0n) is 10.5. The molecule has 2 nitrogen and oxygen atoms in total. The van der Waals surface area contributed by atoms with Crippen molar-refractivity contribution in [1.82, 2.24) is 5.32 Å². The van der Waals surface area contributed by atoms with Crippen LogP contribution in [0.15, 0.2) is 22.7 Å². The van der Waals surface area contributed by atoms with Crippen molar-refractivity contribution in [2.75, 3.05) is 7.11 Å². The minimum atomic E-state index is 0.691. The maximum Gasteiger partial charge on any atom is 0.133 e. The molecule has 1 aromatic rings. The van der Waals surface area contributed by atoms with E-state index < -0.39 is 0 Å². The molecule has 2 atom stereocenters. The zero-order valence-corrected chi connectivity index (χ0v) is 12.1. The highest BCUT2D eigenvalue weighted by molar-refractivity contribution is 9.10. The SMILES string of the molecule is COc1ccc(CNC2CCCC2C)cc1Br. The molecule has 0 spiro atoms. The molecule has 1 fully saturated rings. The molecule has 0 bridgehead atoms. The van der Waals surface area contributed by atoms with E-state index in [1.165, 1.54) is 24.8 Å². The van der Waals surface area contributed by atoms with Crippen molar-refractivity contribution in [3.8, 4) is 5.75 Å². The molecular formula is C14H20BrNO. The Morgan fingerprint density at radius 2 is 2.24 bits per heavy atom. The summed E-state index contributed by atoms with van der Waals surface area (Å²) in [4.78, 5) is 0. The Morgan fingerprint density at radius 1 is 1.41 bits per heavy atom. The lowest BCUT2D eigenvalue weighted by Gasteiger charge is -2.17. The van der Waals surface area contributed by atoms with Crippen LogP contribution in [-0.4, -0.2) is 13.2 Å². The van der Waals surface area contributed by atoms with Gasteiger partial charge in [0.15, 0.2) is 0 Å². The Bertz CT molecular complexity index is 380. The molecule has 0 saturated heterocycles. The first kappa shape index (κ1) is 12.9. The van der Waals surface area contributed by atoms with E-state index >= 15 is 0 Å². The fraction of sp³-hybridized carbons (Fsp3) is 0.571. The summed E-state index contributed by atoms with van der Waals surface area (Å²) < 4.78 is 6.25. The number of nitrogens with one attached hydrogen (secondary N) is 1. The average molecular weight is 298 g/mol. The van der Waals surface area contributed by atoms with Crippen LogP contribution in [0.1, 0.15) is 31.7 Å². The Balaban J connectivity index is 1.92. The van der Waals surface area contributed by atoms with Gasteiger partial charge in [-0.2, -0.15) is 0 Å². The zero-order chi connectivity index (χ0) is 12.3. The molecule has 2 rings (SSSR count). The first-order valence-corrected chi connectivity index (χ1v) is 7.06. The van der Waals surface area contributed by atoms with Crippen LogP contribution >= 0.6 is 15.9 Å². The van der Waals surface area contributed by atoms with Gasteiger partial charge in [0, 0.05) is 12.6 Å². The van der Waals surface area contributed by atoms with Crippen LogP contribution in [0.2, 0.25) is 0 Å². The van der Waals surface area contributed by atoms with Crippen LogP contribution in [0.3, 0.4) is 0 Å². The van der Waals surface area contributed by atoms with Gasteiger partial charge in [-0.3, -0.25) is 0 Å². The summed E-state index contributed by atoms with van der Waals surface area (Å²) in [6, 6.07) is 6.96. The fourth-order valence-electron chi connectivity index (χ4n) is 2.52. The Morgan fingerprint density at radius 3 is 2.82 bits per heavy atom. The van der Waals surface area contributed by atoms with Crippen LogP contribution in [-0.2, 0) is 6.54 Å². The number of ether oxygens (including phenoxy) is 1. The predicted molar refractivity (Wildman–Crippen MR) is 74.3 cm³/mol. The number of benzene rings is 1. The number of halogens is 1. The monoisotopic (exact) mass is 297 g/mol. The van der Waals surface area contributed by atoms with Crippen molar-refractivity contribution >= 4 is 15.9 Å². The molecule has 1 saturated carbocycles. The lowest BCUT2D eigenvalue weighted by atomic mass is 10.1. The topological polar surface area (TPSA) is 21.3 Å². The molecule has 1 N–H and O–H groups in total. The third-order valence-corrected chi connectivity index (χ3v) is 4.27. The summed E-state index contributed by atoms with van der Waals surface area (Å²) in [6.07, 6.45) is 4.05. The quantitative estimate of drug-likeness (QED) is 0.914. The summed E-state index contributed by atoms with van der Waals surface area (Å²) in [5.41, 5.74) is 1.30. The van der Waals surface area contributed by atoms with E-state index in [0.29, 0.717) is 6.04 Å². The maximum absolute atomic E-state index is 5.23. The highest BCUT2D eigenvalue weighted by atomic mass is 79.9. The Kier molecular flexibility index (Phi) is 4.46. The van der Waals surface area contributed by atoms with Crippen molar-refractivity contribution in [1.29, 1.82) is 0 Å². The first-order chi connectivity index (χ1) is 8.20. The van der Waals surface area contributed by atoms with Crippen LogP contribution in [0.4, 0.5) is 0 Å². The average Bonchev–Trinajstić information content (AvgIpc) is 2.72. The number of methoxy groups -OCH3 is 1. The van der Waals surface area contributed by atoms with E-state index in [2.05, 4.69) is 40.3 Å². The molecule has 0 heterocycles. The second-order valence-corrected chi connectivity index (χ2v) is 5.72. The second-order valence-electron chi connectivity index (χ2n) is 4.86. The molecular weight excluding hydrogens is 278 g/mol. The summed E-state index contributed by atoms with van der Waals surface area (Å²) in [5, 5.41) is 3.65.